The van der Waals surface area contributed by atoms with Crippen LogP contribution in [0.25, 0.3) is 0 Å². The normalized spacial score (nSPS) is 9.95. The van der Waals surface area contributed by atoms with Crippen molar-refractivity contribution in [3.05, 3.63) is 39.9 Å². The second-order valence-electron chi connectivity index (χ2n) is 3.80. The van der Waals surface area contributed by atoms with Gasteiger partial charge in [-0.15, -0.1) is 0 Å². The van der Waals surface area contributed by atoms with Crippen molar-refractivity contribution in [3.8, 4) is 0 Å². The van der Waals surface area contributed by atoms with E-state index in [1.807, 2.05) is 0 Å². The van der Waals surface area contributed by atoms with Crippen molar-refractivity contribution < 1.29 is 19.6 Å². The van der Waals surface area contributed by atoms with Gasteiger partial charge in [-0.1, -0.05) is 12.1 Å². The topological polar surface area (TPSA) is 101 Å². The highest BCUT2D eigenvalue weighted by Crippen LogP contribution is 2.19. The molecule has 102 valence electrons. The van der Waals surface area contributed by atoms with Gasteiger partial charge in [0, 0.05) is 19.2 Å². The Bertz CT molecular complexity index is 501. The monoisotopic (exact) mass is 266 g/mol. The molecule has 0 aromatic heterocycles. The third-order valence-electron chi connectivity index (χ3n) is 2.60. The Hall–Kier alpha value is -2.44. The maximum absolute atomic E-state index is 12.1. The van der Waals surface area contributed by atoms with Crippen molar-refractivity contribution in [2.75, 3.05) is 13.1 Å². The van der Waals surface area contributed by atoms with E-state index in [-0.39, 0.29) is 30.8 Å². The smallest absolute Gasteiger partial charge is 0.305 e. The summed E-state index contributed by atoms with van der Waals surface area (Å²) < 4.78 is 0. The minimum atomic E-state index is -1.02. The van der Waals surface area contributed by atoms with E-state index in [9.17, 15) is 19.7 Å². The Balaban J connectivity index is 2.97. The molecule has 0 bridgehead atoms. The molecule has 1 aromatic rings. The number of rotatable bonds is 6. The molecule has 0 fully saturated rings. The number of hydrogen-bond donors (Lipinski definition) is 1. The van der Waals surface area contributed by atoms with Crippen LogP contribution in [0.5, 0.6) is 0 Å². The largest absolute Gasteiger partial charge is 0.481 e. The third kappa shape index (κ3) is 3.77. The first-order chi connectivity index (χ1) is 8.97. The van der Waals surface area contributed by atoms with Gasteiger partial charge < -0.3 is 10.0 Å². The van der Waals surface area contributed by atoms with Crippen molar-refractivity contribution in [2.24, 2.45) is 0 Å². The molecular formula is C12H14N2O5. The van der Waals surface area contributed by atoms with E-state index in [1.165, 1.54) is 29.2 Å². The molecule has 7 heteroatoms. The number of hydrogen-bond acceptors (Lipinski definition) is 4. The zero-order valence-electron chi connectivity index (χ0n) is 10.4. The van der Waals surface area contributed by atoms with E-state index in [4.69, 9.17) is 5.11 Å². The minimum Gasteiger partial charge on any atom is -0.481 e. The van der Waals surface area contributed by atoms with Crippen LogP contribution in [0.2, 0.25) is 0 Å². The number of nitro groups is 1. The van der Waals surface area contributed by atoms with Crippen LogP contribution in [0.15, 0.2) is 24.3 Å². The maximum atomic E-state index is 12.1. The molecule has 0 aliphatic heterocycles. The number of aliphatic carboxylic acids is 1. The van der Waals surface area contributed by atoms with Gasteiger partial charge in [0.25, 0.3) is 11.6 Å². The van der Waals surface area contributed by atoms with Crippen LogP contribution in [-0.2, 0) is 4.79 Å². The zero-order chi connectivity index (χ0) is 14.4. The molecule has 0 aliphatic carbocycles. The Morgan fingerprint density at radius 2 is 2.00 bits per heavy atom. The summed E-state index contributed by atoms with van der Waals surface area (Å²) in [4.78, 5) is 34.1. The molecule has 1 N–H and O–H groups in total. The molecule has 1 aromatic carbocycles. The SMILES string of the molecule is CCN(CCC(=O)O)C(=O)c1ccccc1[N+](=O)[O-]. The first-order valence-corrected chi connectivity index (χ1v) is 5.71. The summed E-state index contributed by atoms with van der Waals surface area (Å²) in [5, 5.41) is 19.5. The van der Waals surface area contributed by atoms with E-state index >= 15 is 0 Å². The molecule has 1 rings (SSSR count). The lowest BCUT2D eigenvalue weighted by atomic mass is 10.1. The van der Waals surface area contributed by atoms with Crippen molar-refractivity contribution in [2.45, 2.75) is 13.3 Å². The number of carboxylic acids is 1. The molecule has 0 unspecified atom stereocenters. The summed E-state index contributed by atoms with van der Waals surface area (Å²) in [5.74, 6) is -1.55. The van der Waals surface area contributed by atoms with Crippen LogP contribution >= 0.6 is 0 Å². The number of carbonyl (C=O) groups is 2. The van der Waals surface area contributed by atoms with Crippen LogP contribution in [0.4, 0.5) is 5.69 Å². The molecule has 0 saturated carbocycles. The number of carbonyl (C=O) groups excluding carboxylic acids is 1. The van der Waals surface area contributed by atoms with Crippen LogP contribution in [0.1, 0.15) is 23.7 Å². The van der Waals surface area contributed by atoms with Crippen molar-refractivity contribution in [1.29, 1.82) is 0 Å². The first-order valence-electron chi connectivity index (χ1n) is 5.71. The van der Waals surface area contributed by atoms with Gasteiger partial charge in [-0.3, -0.25) is 19.7 Å². The first kappa shape index (κ1) is 14.6. The maximum Gasteiger partial charge on any atom is 0.305 e. The van der Waals surface area contributed by atoms with Gasteiger partial charge in [0.15, 0.2) is 0 Å². The standard InChI is InChI=1S/C12H14N2O5/c1-2-13(8-7-11(15)16)12(17)9-5-3-4-6-10(9)14(18)19/h3-6H,2,7-8H2,1H3,(H,15,16). The summed E-state index contributed by atoms with van der Waals surface area (Å²) in [7, 11) is 0. The van der Waals surface area contributed by atoms with Gasteiger partial charge in [-0.25, -0.2) is 0 Å². The van der Waals surface area contributed by atoms with Crippen LogP contribution in [-0.4, -0.2) is 39.9 Å². The fraction of sp³-hybridized carbons (Fsp3) is 0.333. The lowest BCUT2D eigenvalue weighted by molar-refractivity contribution is -0.385. The second kappa shape index (κ2) is 6.48. The second-order valence-corrected chi connectivity index (χ2v) is 3.80. The fourth-order valence-electron chi connectivity index (χ4n) is 1.62. The number of nitro benzene ring substituents is 1. The Morgan fingerprint density at radius 3 is 2.53 bits per heavy atom. The van der Waals surface area contributed by atoms with Gasteiger partial charge in [-0.2, -0.15) is 0 Å². The van der Waals surface area contributed by atoms with Crippen molar-refractivity contribution in [3.63, 3.8) is 0 Å². The fourth-order valence-corrected chi connectivity index (χ4v) is 1.62. The molecule has 0 saturated heterocycles. The van der Waals surface area contributed by atoms with Gasteiger partial charge in [0.1, 0.15) is 5.56 Å². The molecule has 0 heterocycles. The molecular weight excluding hydrogens is 252 g/mol. The summed E-state index contributed by atoms with van der Waals surface area (Å²) in [5.41, 5.74) is -0.305. The van der Waals surface area contributed by atoms with E-state index < -0.39 is 16.8 Å². The van der Waals surface area contributed by atoms with Crippen LogP contribution in [0, 0.1) is 10.1 Å². The highest BCUT2D eigenvalue weighted by Gasteiger charge is 2.23. The molecule has 0 atom stereocenters. The van der Waals surface area contributed by atoms with E-state index in [1.54, 1.807) is 6.92 Å². The Morgan fingerprint density at radius 1 is 1.37 bits per heavy atom. The molecule has 19 heavy (non-hydrogen) atoms. The number of para-hydroxylation sites is 1. The number of carboxylic acid groups (broad SMARTS) is 1. The Labute approximate surface area is 109 Å². The van der Waals surface area contributed by atoms with E-state index in [0.29, 0.717) is 0 Å². The Kier molecular flexibility index (Phi) is 4.99. The predicted octanol–water partition coefficient (Wildman–Crippen LogP) is 1.53. The molecule has 1 amide bonds. The minimum absolute atomic E-state index is 0.0245. The molecule has 0 aliphatic rings. The van der Waals surface area contributed by atoms with Crippen molar-refractivity contribution >= 4 is 17.6 Å². The van der Waals surface area contributed by atoms with Gasteiger partial charge in [0.2, 0.25) is 0 Å². The zero-order valence-corrected chi connectivity index (χ0v) is 10.4. The molecule has 0 radical (unpaired) electrons. The summed E-state index contributed by atoms with van der Waals surface area (Å²) in [6, 6.07) is 5.62. The summed E-state index contributed by atoms with van der Waals surface area (Å²) in [6.07, 6.45) is -0.194. The average Bonchev–Trinajstić information content (AvgIpc) is 2.38. The van der Waals surface area contributed by atoms with Crippen LogP contribution < -0.4 is 0 Å². The van der Waals surface area contributed by atoms with Gasteiger partial charge >= 0.3 is 5.97 Å². The summed E-state index contributed by atoms with van der Waals surface area (Å²) in [6.45, 7) is 2.00. The lowest BCUT2D eigenvalue weighted by Gasteiger charge is -2.19. The van der Waals surface area contributed by atoms with Gasteiger partial charge in [-0.05, 0) is 13.0 Å². The number of nitrogens with zero attached hydrogens (tertiary/aromatic N) is 2. The number of amides is 1. The number of benzene rings is 1. The van der Waals surface area contributed by atoms with E-state index in [2.05, 4.69) is 0 Å². The quantitative estimate of drug-likeness (QED) is 0.621. The highest BCUT2D eigenvalue weighted by molar-refractivity contribution is 5.98. The lowest BCUT2D eigenvalue weighted by Crippen LogP contribution is -2.33. The van der Waals surface area contributed by atoms with Gasteiger partial charge in [0.05, 0.1) is 11.3 Å². The summed E-state index contributed by atoms with van der Waals surface area (Å²) >= 11 is 0. The highest BCUT2D eigenvalue weighted by atomic mass is 16.6. The van der Waals surface area contributed by atoms with Crippen molar-refractivity contribution in [1.82, 2.24) is 4.90 Å². The third-order valence-corrected chi connectivity index (χ3v) is 2.60. The molecule has 0 spiro atoms. The van der Waals surface area contributed by atoms with Crippen LogP contribution in [0.3, 0.4) is 0 Å². The van der Waals surface area contributed by atoms with E-state index in [0.717, 1.165) is 0 Å². The predicted molar refractivity (Wildman–Crippen MR) is 66.9 cm³/mol. The average molecular weight is 266 g/mol. The molecule has 7 nitrogen and oxygen atoms in total.